The molecule has 0 saturated carbocycles. The van der Waals surface area contributed by atoms with Crippen molar-refractivity contribution in [3.05, 3.63) is 68.7 Å². The largest absolute Gasteiger partial charge is 0.427 e. The average molecular weight is 428 g/mol. The maximum absolute atomic E-state index is 12.9. The van der Waals surface area contributed by atoms with Crippen molar-refractivity contribution in [2.24, 2.45) is 5.10 Å². The molecule has 6 nitrogen and oxygen atoms in total. The zero-order valence-corrected chi connectivity index (χ0v) is 16.6. The molecular formula is C20H18BrN3O3. The van der Waals surface area contributed by atoms with Gasteiger partial charge in [-0.1, -0.05) is 22.9 Å². The summed E-state index contributed by atoms with van der Waals surface area (Å²) in [6.07, 6.45) is 3.08. The van der Waals surface area contributed by atoms with E-state index in [4.69, 9.17) is 4.74 Å². The van der Waals surface area contributed by atoms with Gasteiger partial charge in [-0.25, -0.2) is 4.98 Å². The van der Waals surface area contributed by atoms with Gasteiger partial charge in [0.1, 0.15) is 11.6 Å². The van der Waals surface area contributed by atoms with Crippen LogP contribution in [-0.4, -0.2) is 21.8 Å². The monoisotopic (exact) mass is 427 g/mol. The molecule has 1 aromatic heterocycles. The van der Waals surface area contributed by atoms with Gasteiger partial charge >= 0.3 is 5.97 Å². The van der Waals surface area contributed by atoms with Crippen molar-refractivity contribution < 1.29 is 9.53 Å². The van der Waals surface area contributed by atoms with Crippen molar-refractivity contribution in [1.82, 2.24) is 9.66 Å². The van der Waals surface area contributed by atoms with Crippen molar-refractivity contribution in [3.8, 4) is 5.75 Å². The number of aryl methyl sites for hydroxylation is 1. The number of benzene rings is 2. The van der Waals surface area contributed by atoms with E-state index < -0.39 is 0 Å². The molecule has 3 rings (SSSR count). The van der Waals surface area contributed by atoms with E-state index in [1.54, 1.807) is 36.5 Å². The van der Waals surface area contributed by atoms with Gasteiger partial charge in [0.25, 0.3) is 5.56 Å². The highest BCUT2D eigenvalue weighted by molar-refractivity contribution is 9.10. The zero-order chi connectivity index (χ0) is 19.4. The molecule has 0 fully saturated rings. The van der Waals surface area contributed by atoms with Crippen LogP contribution in [-0.2, 0) is 11.2 Å². The van der Waals surface area contributed by atoms with Crippen molar-refractivity contribution >= 4 is 39.0 Å². The molecule has 2 aromatic carbocycles. The Morgan fingerprint density at radius 1 is 1.26 bits per heavy atom. The van der Waals surface area contributed by atoms with Gasteiger partial charge in [-0.2, -0.15) is 9.78 Å². The second kappa shape index (κ2) is 8.26. The number of carbonyl (C=O) groups is 1. The summed E-state index contributed by atoms with van der Waals surface area (Å²) in [6.45, 7) is 3.38. The van der Waals surface area contributed by atoms with Gasteiger partial charge in [-0.05, 0) is 54.4 Å². The Balaban J connectivity index is 2.00. The Bertz CT molecular complexity index is 1070. The van der Waals surface area contributed by atoms with E-state index in [1.165, 1.54) is 11.6 Å². The first-order valence-electron chi connectivity index (χ1n) is 8.52. The highest BCUT2D eigenvalue weighted by Gasteiger charge is 2.10. The van der Waals surface area contributed by atoms with E-state index in [9.17, 15) is 9.59 Å². The predicted molar refractivity (Wildman–Crippen MR) is 108 cm³/mol. The molecule has 0 spiro atoms. The van der Waals surface area contributed by atoms with Crippen LogP contribution in [0, 0.1) is 0 Å². The van der Waals surface area contributed by atoms with Crippen molar-refractivity contribution in [3.63, 3.8) is 0 Å². The number of fused-ring (bicyclic) bond motifs is 1. The number of nitrogens with zero attached hydrogens (tertiary/aromatic N) is 3. The fourth-order valence-corrected chi connectivity index (χ4v) is 2.97. The predicted octanol–water partition coefficient (Wildman–Crippen LogP) is 3.92. The average Bonchev–Trinajstić information content (AvgIpc) is 2.63. The Morgan fingerprint density at radius 2 is 2.00 bits per heavy atom. The highest BCUT2D eigenvalue weighted by atomic mass is 79.9. The van der Waals surface area contributed by atoms with Crippen LogP contribution in [0.15, 0.2) is 56.8 Å². The lowest BCUT2D eigenvalue weighted by Crippen LogP contribution is -2.22. The number of esters is 1. The highest BCUT2D eigenvalue weighted by Crippen LogP contribution is 2.16. The van der Waals surface area contributed by atoms with Gasteiger partial charge in [-0.15, -0.1) is 0 Å². The molecule has 0 aliphatic rings. The summed E-state index contributed by atoms with van der Waals surface area (Å²) in [5.74, 6) is 0.700. The van der Waals surface area contributed by atoms with Gasteiger partial charge in [0.05, 0.1) is 17.1 Å². The molecule has 0 aliphatic heterocycles. The number of hydrogen-bond donors (Lipinski definition) is 0. The lowest BCUT2D eigenvalue weighted by atomic mass is 10.2. The standard InChI is InChI=1S/C20H18BrN3O3/c1-3-4-19-23-18-10-7-15(21)11-17(18)20(26)24(19)22-12-14-5-8-16(9-6-14)27-13(2)25/h5-12H,3-4H2,1-2H3. The van der Waals surface area contributed by atoms with E-state index in [-0.39, 0.29) is 11.5 Å². The van der Waals surface area contributed by atoms with E-state index in [0.29, 0.717) is 28.9 Å². The molecule has 0 radical (unpaired) electrons. The lowest BCUT2D eigenvalue weighted by molar-refractivity contribution is -0.131. The minimum atomic E-state index is -0.374. The Kier molecular flexibility index (Phi) is 5.81. The summed E-state index contributed by atoms with van der Waals surface area (Å²) in [6, 6.07) is 12.3. The molecule has 0 saturated heterocycles. The van der Waals surface area contributed by atoms with E-state index in [1.807, 2.05) is 19.1 Å². The van der Waals surface area contributed by atoms with E-state index in [2.05, 4.69) is 26.0 Å². The van der Waals surface area contributed by atoms with Crippen molar-refractivity contribution in [1.29, 1.82) is 0 Å². The molecule has 138 valence electrons. The third kappa shape index (κ3) is 4.49. The fraction of sp³-hybridized carbons (Fsp3) is 0.200. The van der Waals surface area contributed by atoms with Crippen LogP contribution in [0.3, 0.4) is 0 Å². The Morgan fingerprint density at radius 3 is 2.67 bits per heavy atom. The summed E-state index contributed by atoms with van der Waals surface area (Å²) >= 11 is 3.39. The molecule has 0 amide bonds. The topological polar surface area (TPSA) is 73.6 Å². The SMILES string of the molecule is CCCc1nc2ccc(Br)cc2c(=O)n1N=Cc1ccc(OC(C)=O)cc1. The van der Waals surface area contributed by atoms with Gasteiger partial charge in [0.15, 0.2) is 0 Å². The second-order valence-corrected chi connectivity index (χ2v) is 6.88. The molecule has 27 heavy (non-hydrogen) atoms. The Labute approximate surface area is 164 Å². The molecule has 3 aromatic rings. The maximum atomic E-state index is 12.9. The van der Waals surface area contributed by atoms with Gasteiger partial charge < -0.3 is 4.74 Å². The summed E-state index contributed by atoms with van der Waals surface area (Å²) < 4.78 is 7.17. The third-order valence-corrected chi connectivity index (χ3v) is 4.31. The lowest BCUT2D eigenvalue weighted by Gasteiger charge is -2.08. The number of rotatable bonds is 5. The molecule has 0 N–H and O–H groups in total. The summed E-state index contributed by atoms with van der Waals surface area (Å²) in [5.41, 5.74) is 1.22. The molecular weight excluding hydrogens is 410 g/mol. The van der Waals surface area contributed by atoms with Crippen LogP contribution in [0.25, 0.3) is 10.9 Å². The normalized spacial score (nSPS) is 11.2. The number of halogens is 1. The van der Waals surface area contributed by atoms with Crippen molar-refractivity contribution in [2.45, 2.75) is 26.7 Å². The smallest absolute Gasteiger partial charge is 0.308 e. The summed E-state index contributed by atoms with van der Waals surface area (Å²) in [7, 11) is 0. The van der Waals surface area contributed by atoms with Crippen LogP contribution in [0.2, 0.25) is 0 Å². The first-order chi connectivity index (χ1) is 13.0. The molecule has 0 aliphatic carbocycles. The van der Waals surface area contributed by atoms with Crippen LogP contribution in [0.4, 0.5) is 0 Å². The van der Waals surface area contributed by atoms with Crippen LogP contribution >= 0.6 is 15.9 Å². The number of aromatic nitrogens is 2. The number of carbonyl (C=O) groups excluding carboxylic acids is 1. The summed E-state index contributed by atoms with van der Waals surface area (Å²) in [4.78, 5) is 28.5. The van der Waals surface area contributed by atoms with Crippen LogP contribution in [0.1, 0.15) is 31.7 Å². The van der Waals surface area contributed by atoms with Crippen molar-refractivity contribution in [2.75, 3.05) is 0 Å². The summed E-state index contributed by atoms with van der Waals surface area (Å²) in [5, 5.41) is 4.86. The van der Waals surface area contributed by atoms with Crippen LogP contribution in [0.5, 0.6) is 5.75 Å². The quantitative estimate of drug-likeness (QED) is 0.351. The molecule has 7 heteroatoms. The molecule has 1 heterocycles. The zero-order valence-electron chi connectivity index (χ0n) is 15.0. The van der Waals surface area contributed by atoms with Gasteiger partial charge in [-0.3, -0.25) is 9.59 Å². The number of ether oxygens (including phenoxy) is 1. The van der Waals surface area contributed by atoms with E-state index >= 15 is 0 Å². The first-order valence-corrected chi connectivity index (χ1v) is 9.31. The number of hydrogen-bond acceptors (Lipinski definition) is 5. The molecule has 0 bridgehead atoms. The van der Waals surface area contributed by atoms with E-state index in [0.717, 1.165) is 16.5 Å². The first kappa shape index (κ1) is 19.0. The van der Waals surface area contributed by atoms with Gasteiger partial charge in [0, 0.05) is 17.8 Å². The minimum absolute atomic E-state index is 0.211. The molecule has 0 atom stereocenters. The fourth-order valence-electron chi connectivity index (χ4n) is 2.61. The molecule has 0 unspecified atom stereocenters. The second-order valence-electron chi connectivity index (χ2n) is 5.96. The van der Waals surface area contributed by atoms with Crippen LogP contribution < -0.4 is 10.3 Å². The minimum Gasteiger partial charge on any atom is -0.427 e. The van der Waals surface area contributed by atoms with Gasteiger partial charge in [0.2, 0.25) is 0 Å². The Hall–Kier alpha value is -2.80. The third-order valence-electron chi connectivity index (χ3n) is 3.81. The maximum Gasteiger partial charge on any atom is 0.308 e.